The van der Waals surface area contributed by atoms with Gasteiger partial charge >= 0.3 is 0 Å². The number of nitrogens with zero attached hydrogens (tertiary/aromatic N) is 2. The first-order valence-corrected chi connectivity index (χ1v) is 11.2. The minimum absolute atomic E-state index is 0.0893. The van der Waals surface area contributed by atoms with Gasteiger partial charge in [0.15, 0.2) is 0 Å². The molecule has 5 nitrogen and oxygen atoms in total. The van der Waals surface area contributed by atoms with E-state index in [1.165, 1.54) is 34.2 Å². The van der Waals surface area contributed by atoms with E-state index in [4.69, 9.17) is 4.42 Å². The van der Waals surface area contributed by atoms with Crippen molar-refractivity contribution in [2.24, 2.45) is 5.92 Å². The number of anilines is 1. The van der Waals surface area contributed by atoms with Crippen molar-refractivity contribution in [3.63, 3.8) is 0 Å². The molecular weight excluding hydrogens is 390 g/mol. The van der Waals surface area contributed by atoms with Crippen LogP contribution in [0.3, 0.4) is 0 Å². The van der Waals surface area contributed by atoms with Gasteiger partial charge in [-0.05, 0) is 73.9 Å². The number of amides is 1. The third kappa shape index (κ3) is 4.31. The molecule has 1 aliphatic carbocycles. The quantitative estimate of drug-likeness (QED) is 0.577. The van der Waals surface area contributed by atoms with Crippen molar-refractivity contribution >= 4 is 34.7 Å². The van der Waals surface area contributed by atoms with Gasteiger partial charge < -0.3 is 9.73 Å². The number of hydrogen-bond acceptors (Lipinski definition) is 6. The van der Waals surface area contributed by atoms with E-state index < -0.39 is 0 Å². The first-order valence-electron chi connectivity index (χ1n) is 9.43. The Morgan fingerprint density at radius 2 is 2.14 bits per heavy atom. The summed E-state index contributed by atoms with van der Waals surface area (Å²) >= 11 is 3.01. The number of fused-ring (bicyclic) bond motifs is 1. The number of carbonyl (C=O) groups is 1. The summed E-state index contributed by atoms with van der Waals surface area (Å²) in [5.41, 5.74) is 4.58. The lowest BCUT2D eigenvalue weighted by atomic mass is 9.90. The number of thiophene rings is 1. The Balaban J connectivity index is 1.36. The maximum atomic E-state index is 12.2. The van der Waals surface area contributed by atoms with Crippen molar-refractivity contribution in [1.29, 1.82) is 0 Å². The van der Waals surface area contributed by atoms with E-state index in [0.717, 1.165) is 34.9 Å². The normalized spacial score (nSPS) is 16.0. The second kappa shape index (κ2) is 8.09. The number of benzene rings is 1. The number of aromatic nitrogens is 2. The summed E-state index contributed by atoms with van der Waals surface area (Å²) < 4.78 is 5.78. The van der Waals surface area contributed by atoms with E-state index in [2.05, 4.69) is 35.4 Å². The van der Waals surface area contributed by atoms with Crippen LogP contribution in [-0.2, 0) is 17.6 Å². The third-order valence-electron chi connectivity index (χ3n) is 5.06. The zero-order valence-corrected chi connectivity index (χ0v) is 17.9. The standard InChI is InChI=1S/C21H23N3O2S2/c1-12-4-7-17-15(8-12)10-18(28-17)20-23-24-21(26-20)27-11-19(25)22-16-6-5-13(2)14(3)9-16/h5-6,9-10,12H,4,7-8,11H2,1-3H3,(H,22,25)/t12-/m0/s1. The molecule has 0 saturated heterocycles. The highest BCUT2D eigenvalue weighted by Crippen LogP contribution is 2.37. The second-order valence-electron chi connectivity index (χ2n) is 7.42. The highest BCUT2D eigenvalue weighted by atomic mass is 32.2. The predicted molar refractivity (Wildman–Crippen MR) is 114 cm³/mol. The van der Waals surface area contributed by atoms with Gasteiger partial charge in [-0.25, -0.2) is 0 Å². The van der Waals surface area contributed by atoms with Gasteiger partial charge in [-0.1, -0.05) is 24.8 Å². The SMILES string of the molecule is Cc1ccc(NC(=O)CSc2nnc(-c3cc4c(s3)CC[C@H](C)C4)o2)cc1C. The van der Waals surface area contributed by atoms with Crippen LogP contribution in [0.4, 0.5) is 5.69 Å². The minimum Gasteiger partial charge on any atom is -0.410 e. The van der Waals surface area contributed by atoms with E-state index in [-0.39, 0.29) is 11.7 Å². The highest BCUT2D eigenvalue weighted by Gasteiger charge is 2.21. The van der Waals surface area contributed by atoms with Gasteiger partial charge in [-0.2, -0.15) is 0 Å². The van der Waals surface area contributed by atoms with E-state index in [0.29, 0.717) is 11.1 Å². The molecule has 1 aliphatic rings. The Kier molecular flexibility index (Phi) is 5.55. The molecule has 146 valence electrons. The van der Waals surface area contributed by atoms with Crippen LogP contribution in [0.15, 0.2) is 33.9 Å². The monoisotopic (exact) mass is 413 g/mol. The summed E-state index contributed by atoms with van der Waals surface area (Å²) in [5, 5.41) is 11.6. The van der Waals surface area contributed by atoms with Gasteiger partial charge in [0, 0.05) is 10.6 Å². The molecule has 7 heteroatoms. The van der Waals surface area contributed by atoms with E-state index >= 15 is 0 Å². The fourth-order valence-corrected chi connectivity index (χ4v) is 5.02. The fraction of sp³-hybridized carbons (Fsp3) is 0.381. The number of hydrogen-bond donors (Lipinski definition) is 1. The van der Waals surface area contributed by atoms with Crippen LogP contribution in [0.25, 0.3) is 10.8 Å². The number of nitrogens with one attached hydrogen (secondary N) is 1. The van der Waals surface area contributed by atoms with Crippen LogP contribution in [0.5, 0.6) is 0 Å². The van der Waals surface area contributed by atoms with Crippen LogP contribution in [-0.4, -0.2) is 21.9 Å². The molecule has 2 aromatic heterocycles. The molecule has 0 bridgehead atoms. The van der Waals surface area contributed by atoms with Crippen molar-refractivity contribution in [1.82, 2.24) is 10.2 Å². The largest absolute Gasteiger partial charge is 0.410 e. The molecule has 0 aliphatic heterocycles. The molecule has 1 aromatic carbocycles. The summed E-state index contributed by atoms with van der Waals surface area (Å²) in [4.78, 5) is 14.7. The first-order chi connectivity index (χ1) is 13.5. The molecule has 0 spiro atoms. The molecule has 1 amide bonds. The molecule has 1 atom stereocenters. The van der Waals surface area contributed by atoms with Crippen LogP contribution in [0.2, 0.25) is 0 Å². The molecule has 0 saturated carbocycles. The third-order valence-corrected chi connectivity index (χ3v) is 7.11. The van der Waals surface area contributed by atoms with Gasteiger partial charge in [0.05, 0.1) is 10.6 Å². The zero-order valence-electron chi connectivity index (χ0n) is 16.2. The highest BCUT2D eigenvalue weighted by molar-refractivity contribution is 7.99. The smallest absolute Gasteiger partial charge is 0.277 e. The molecule has 4 rings (SSSR count). The van der Waals surface area contributed by atoms with Crippen molar-refractivity contribution in [2.45, 2.75) is 45.3 Å². The molecule has 0 fully saturated rings. The Bertz CT molecular complexity index is 1010. The average molecular weight is 414 g/mol. The maximum Gasteiger partial charge on any atom is 0.277 e. The Labute approximate surface area is 173 Å². The molecule has 2 heterocycles. The fourth-order valence-electron chi connectivity index (χ4n) is 3.32. The Morgan fingerprint density at radius 3 is 2.96 bits per heavy atom. The van der Waals surface area contributed by atoms with Crippen molar-refractivity contribution in [3.05, 3.63) is 45.8 Å². The lowest BCUT2D eigenvalue weighted by molar-refractivity contribution is -0.113. The lowest BCUT2D eigenvalue weighted by Crippen LogP contribution is -2.14. The van der Waals surface area contributed by atoms with Crippen LogP contribution >= 0.6 is 23.1 Å². The van der Waals surface area contributed by atoms with Gasteiger partial charge in [0.2, 0.25) is 5.91 Å². The number of carbonyl (C=O) groups excluding carboxylic acids is 1. The molecule has 28 heavy (non-hydrogen) atoms. The van der Waals surface area contributed by atoms with Crippen molar-refractivity contribution < 1.29 is 9.21 Å². The topological polar surface area (TPSA) is 68.0 Å². The van der Waals surface area contributed by atoms with Crippen molar-refractivity contribution in [2.75, 3.05) is 11.1 Å². The summed E-state index contributed by atoms with van der Waals surface area (Å²) in [6.07, 6.45) is 3.50. The molecule has 1 N–H and O–H groups in total. The molecule has 3 aromatic rings. The first kappa shape index (κ1) is 19.2. The second-order valence-corrected chi connectivity index (χ2v) is 9.48. The lowest BCUT2D eigenvalue weighted by Gasteiger charge is -2.16. The number of rotatable bonds is 5. The van der Waals surface area contributed by atoms with Gasteiger partial charge in [-0.3, -0.25) is 4.79 Å². The summed E-state index contributed by atoms with van der Waals surface area (Å²) in [5.74, 6) is 1.42. The van der Waals surface area contributed by atoms with E-state index in [1.54, 1.807) is 11.3 Å². The summed E-state index contributed by atoms with van der Waals surface area (Å²) in [6, 6.07) is 8.07. The number of aryl methyl sites for hydroxylation is 3. The van der Waals surface area contributed by atoms with Crippen LogP contribution in [0.1, 0.15) is 34.9 Å². The van der Waals surface area contributed by atoms with E-state index in [9.17, 15) is 4.79 Å². The molecule has 0 radical (unpaired) electrons. The minimum atomic E-state index is -0.0893. The maximum absolute atomic E-state index is 12.2. The van der Waals surface area contributed by atoms with E-state index in [1.807, 2.05) is 25.1 Å². The van der Waals surface area contributed by atoms with Crippen molar-refractivity contribution in [3.8, 4) is 10.8 Å². The molecular formula is C21H23N3O2S2. The Morgan fingerprint density at radius 1 is 1.29 bits per heavy atom. The summed E-state index contributed by atoms with van der Waals surface area (Å²) in [7, 11) is 0. The molecule has 0 unspecified atom stereocenters. The van der Waals surface area contributed by atoms with Crippen LogP contribution in [0, 0.1) is 19.8 Å². The average Bonchev–Trinajstić information content (AvgIpc) is 3.29. The predicted octanol–water partition coefficient (Wildman–Crippen LogP) is 5.27. The Hall–Kier alpha value is -2.12. The van der Waals surface area contributed by atoms with Gasteiger partial charge in [-0.15, -0.1) is 21.5 Å². The number of thioether (sulfide) groups is 1. The van der Waals surface area contributed by atoms with Crippen LogP contribution < -0.4 is 5.32 Å². The van der Waals surface area contributed by atoms with Gasteiger partial charge in [0.1, 0.15) is 0 Å². The van der Waals surface area contributed by atoms with Gasteiger partial charge in [0.25, 0.3) is 11.1 Å². The zero-order chi connectivity index (χ0) is 19.7. The summed E-state index contributed by atoms with van der Waals surface area (Å²) in [6.45, 7) is 6.38.